The molecule has 4 rings (SSSR count). The summed E-state index contributed by atoms with van der Waals surface area (Å²) in [6, 6.07) is 18.5. The minimum absolute atomic E-state index is 0.00507. The molecule has 0 aliphatic carbocycles. The van der Waals surface area contributed by atoms with Crippen molar-refractivity contribution in [2.75, 3.05) is 27.3 Å². The van der Waals surface area contributed by atoms with E-state index in [2.05, 4.69) is 4.57 Å². The second-order valence-electron chi connectivity index (χ2n) is 8.65. The molecule has 1 unspecified atom stereocenters. The van der Waals surface area contributed by atoms with Crippen molar-refractivity contribution >= 4 is 11.8 Å². The third kappa shape index (κ3) is 4.64. The van der Waals surface area contributed by atoms with Crippen LogP contribution in [0.1, 0.15) is 41.5 Å². The van der Waals surface area contributed by atoms with Crippen LogP contribution in [0.4, 0.5) is 0 Å². The summed E-state index contributed by atoms with van der Waals surface area (Å²) in [5.74, 6) is 1.06. The number of methoxy groups -OCH3 is 2. The van der Waals surface area contributed by atoms with Crippen LogP contribution >= 0.6 is 0 Å². The van der Waals surface area contributed by atoms with Crippen molar-refractivity contribution < 1.29 is 19.1 Å². The van der Waals surface area contributed by atoms with Crippen LogP contribution in [0.5, 0.6) is 11.5 Å². The van der Waals surface area contributed by atoms with E-state index in [1.165, 1.54) is 0 Å². The molecule has 0 saturated carbocycles. The number of hydrogen-bond donors (Lipinski definition) is 0. The van der Waals surface area contributed by atoms with Gasteiger partial charge in [-0.25, -0.2) is 0 Å². The number of amides is 2. The van der Waals surface area contributed by atoms with Crippen molar-refractivity contribution in [3.8, 4) is 11.5 Å². The Labute approximate surface area is 200 Å². The standard InChI is InChI=1S/C27H31N3O4/c1-19(2)30(27(32)21-9-6-11-23(17-21)34-4)18-25(31)29-15-14-28-13-7-12-24(28)26(29)20-8-5-10-22(16-20)33-3/h5-13,16-17,19,26H,14-15,18H2,1-4H3. The van der Waals surface area contributed by atoms with Gasteiger partial charge in [0.05, 0.1) is 20.3 Å². The van der Waals surface area contributed by atoms with E-state index in [9.17, 15) is 9.59 Å². The van der Waals surface area contributed by atoms with Crippen molar-refractivity contribution in [2.45, 2.75) is 32.5 Å². The summed E-state index contributed by atoms with van der Waals surface area (Å²) >= 11 is 0. The van der Waals surface area contributed by atoms with Gasteiger partial charge < -0.3 is 23.8 Å². The van der Waals surface area contributed by atoms with Crippen LogP contribution in [0.25, 0.3) is 0 Å². The van der Waals surface area contributed by atoms with Gasteiger partial charge in [-0.2, -0.15) is 0 Å². The van der Waals surface area contributed by atoms with E-state index in [4.69, 9.17) is 9.47 Å². The van der Waals surface area contributed by atoms with Crippen molar-refractivity contribution in [2.24, 2.45) is 0 Å². The minimum Gasteiger partial charge on any atom is -0.497 e. The summed E-state index contributed by atoms with van der Waals surface area (Å²) in [7, 11) is 3.20. The molecule has 178 valence electrons. The van der Waals surface area contributed by atoms with Crippen LogP contribution in [0.2, 0.25) is 0 Å². The highest BCUT2D eigenvalue weighted by Crippen LogP contribution is 2.34. The van der Waals surface area contributed by atoms with Crippen LogP contribution in [0, 0.1) is 0 Å². The Hall–Kier alpha value is -3.74. The highest BCUT2D eigenvalue weighted by Gasteiger charge is 2.34. The maximum Gasteiger partial charge on any atom is 0.254 e. The fraction of sp³-hybridized carbons (Fsp3) is 0.333. The van der Waals surface area contributed by atoms with Crippen molar-refractivity contribution in [1.82, 2.24) is 14.4 Å². The van der Waals surface area contributed by atoms with Crippen LogP contribution < -0.4 is 9.47 Å². The first-order valence-electron chi connectivity index (χ1n) is 11.5. The van der Waals surface area contributed by atoms with Crippen LogP contribution in [0.3, 0.4) is 0 Å². The zero-order valence-electron chi connectivity index (χ0n) is 20.1. The van der Waals surface area contributed by atoms with Gasteiger partial charge in [-0.1, -0.05) is 18.2 Å². The Morgan fingerprint density at radius 3 is 2.38 bits per heavy atom. The summed E-state index contributed by atoms with van der Waals surface area (Å²) in [5.41, 5.74) is 2.52. The summed E-state index contributed by atoms with van der Waals surface area (Å²) < 4.78 is 12.9. The molecule has 0 saturated heterocycles. The van der Waals surface area contributed by atoms with Gasteiger partial charge >= 0.3 is 0 Å². The molecular weight excluding hydrogens is 430 g/mol. The maximum absolute atomic E-state index is 13.7. The smallest absolute Gasteiger partial charge is 0.254 e. The monoisotopic (exact) mass is 461 g/mol. The van der Waals surface area contributed by atoms with Gasteiger partial charge in [-0.3, -0.25) is 9.59 Å². The molecule has 1 aromatic heterocycles. The molecule has 3 aromatic rings. The summed E-state index contributed by atoms with van der Waals surface area (Å²) in [6.07, 6.45) is 2.04. The van der Waals surface area contributed by atoms with E-state index < -0.39 is 0 Å². The average molecular weight is 462 g/mol. The Balaban J connectivity index is 1.63. The van der Waals surface area contributed by atoms with Gasteiger partial charge in [0.25, 0.3) is 5.91 Å². The minimum atomic E-state index is -0.257. The van der Waals surface area contributed by atoms with E-state index in [-0.39, 0.29) is 30.4 Å². The van der Waals surface area contributed by atoms with Gasteiger partial charge in [0.1, 0.15) is 18.0 Å². The Bertz CT molecular complexity index is 1170. The van der Waals surface area contributed by atoms with Crippen LogP contribution in [-0.4, -0.2) is 59.5 Å². The first-order valence-corrected chi connectivity index (χ1v) is 11.5. The molecule has 0 fully saturated rings. The predicted octanol–water partition coefficient (Wildman–Crippen LogP) is 3.99. The molecule has 2 heterocycles. The Morgan fingerprint density at radius 1 is 0.971 bits per heavy atom. The molecule has 0 bridgehead atoms. The molecule has 2 amide bonds. The molecule has 1 aliphatic rings. The third-order valence-electron chi connectivity index (χ3n) is 6.27. The maximum atomic E-state index is 13.7. The van der Waals surface area contributed by atoms with Crippen molar-refractivity contribution in [3.05, 3.63) is 83.7 Å². The summed E-state index contributed by atoms with van der Waals surface area (Å²) in [4.78, 5) is 30.5. The molecule has 0 spiro atoms. The number of carbonyl (C=O) groups excluding carboxylic acids is 2. The number of aromatic nitrogens is 1. The number of benzene rings is 2. The van der Waals surface area contributed by atoms with E-state index in [0.29, 0.717) is 24.4 Å². The topological polar surface area (TPSA) is 64.0 Å². The van der Waals surface area contributed by atoms with E-state index in [0.717, 1.165) is 17.0 Å². The number of fused-ring (bicyclic) bond motifs is 1. The molecule has 2 aromatic carbocycles. The Kier molecular flexibility index (Phi) is 6.91. The van der Waals surface area contributed by atoms with Gasteiger partial charge in [-0.05, 0) is 61.9 Å². The lowest BCUT2D eigenvalue weighted by Gasteiger charge is -2.39. The molecule has 7 heteroatoms. The van der Waals surface area contributed by atoms with Crippen molar-refractivity contribution in [3.63, 3.8) is 0 Å². The normalized spacial score (nSPS) is 15.1. The van der Waals surface area contributed by atoms with Gasteiger partial charge in [-0.15, -0.1) is 0 Å². The second kappa shape index (κ2) is 10.0. The fourth-order valence-corrected chi connectivity index (χ4v) is 4.46. The third-order valence-corrected chi connectivity index (χ3v) is 6.27. The first kappa shape index (κ1) is 23.4. The summed E-state index contributed by atoms with van der Waals surface area (Å²) in [6.45, 7) is 5.11. The lowest BCUT2D eigenvalue weighted by molar-refractivity contribution is -0.135. The highest BCUT2D eigenvalue weighted by molar-refractivity contribution is 5.97. The number of nitrogens with zero attached hydrogens (tertiary/aromatic N) is 3. The fourth-order valence-electron chi connectivity index (χ4n) is 4.46. The van der Waals surface area contributed by atoms with E-state index in [1.54, 1.807) is 43.4 Å². The number of ether oxygens (including phenoxy) is 2. The molecule has 0 N–H and O–H groups in total. The van der Waals surface area contributed by atoms with Gasteiger partial charge in [0, 0.05) is 36.6 Å². The van der Waals surface area contributed by atoms with E-state index >= 15 is 0 Å². The van der Waals surface area contributed by atoms with Crippen LogP contribution in [-0.2, 0) is 11.3 Å². The lowest BCUT2D eigenvalue weighted by Crippen LogP contribution is -2.49. The van der Waals surface area contributed by atoms with Gasteiger partial charge in [0.2, 0.25) is 5.91 Å². The van der Waals surface area contributed by atoms with Crippen molar-refractivity contribution in [1.29, 1.82) is 0 Å². The molecule has 0 radical (unpaired) electrons. The SMILES string of the molecule is COc1cccc(C(=O)N(CC(=O)N2CCn3cccc3C2c2cccc(OC)c2)C(C)C)c1. The number of hydrogen-bond acceptors (Lipinski definition) is 4. The molecule has 7 nitrogen and oxygen atoms in total. The van der Waals surface area contributed by atoms with Crippen LogP contribution in [0.15, 0.2) is 66.9 Å². The lowest BCUT2D eigenvalue weighted by atomic mass is 9.99. The molecule has 34 heavy (non-hydrogen) atoms. The van der Waals surface area contributed by atoms with E-state index in [1.807, 2.05) is 61.3 Å². The van der Waals surface area contributed by atoms with Gasteiger partial charge in [0.15, 0.2) is 0 Å². The quantitative estimate of drug-likeness (QED) is 0.534. The number of carbonyl (C=O) groups is 2. The zero-order valence-corrected chi connectivity index (χ0v) is 20.1. The predicted molar refractivity (Wildman–Crippen MR) is 130 cm³/mol. The molecule has 1 aliphatic heterocycles. The average Bonchev–Trinajstić information content (AvgIpc) is 3.35. The summed E-state index contributed by atoms with van der Waals surface area (Å²) in [5, 5.41) is 0. The molecule has 1 atom stereocenters. The highest BCUT2D eigenvalue weighted by atomic mass is 16.5. The Morgan fingerprint density at radius 2 is 1.68 bits per heavy atom. The molecular formula is C27H31N3O4. The zero-order chi connectivity index (χ0) is 24.2. The second-order valence-corrected chi connectivity index (χ2v) is 8.65. The first-order chi connectivity index (χ1) is 16.4. The largest absolute Gasteiger partial charge is 0.497 e. The number of rotatable bonds is 7.